The minimum Gasteiger partial charge on any atom is -0.493 e. The van der Waals surface area contributed by atoms with Crippen LogP contribution in [0.25, 0.3) is 12.2 Å². The van der Waals surface area contributed by atoms with Gasteiger partial charge in [0.2, 0.25) is 0 Å². The van der Waals surface area contributed by atoms with E-state index in [1.165, 1.54) is 11.3 Å². The van der Waals surface area contributed by atoms with Gasteiger partial charge in [-0.15, -0.1) is 0 Å². The average Bonchev–Trinajstić information content (AvgIpc) is 3.27. The number of nitrogens with one attached hydrogen (secondary N) is 1. The molecule has 0 fully saturated rings. The first-order chi connectivity index (χ1) is 19.4. The molecule has 0 aliphatic carbocycles. The van der Waals surface area contributed by atoms with Crippen molar-refractivity contribution in [2.45, 2.75) is 19.9 Å². The zero-order chi connectivity index (χ0) is 28.2. The van der Waals surface area contributed by atoms with Gasteiger partial charge >= 0.3 is 0 Å². The number of fused-ring (bicyclic) bond motifs is 1. The maximum Gasteiger partial charge on any atom is 0.271 e. The summed E-state index contributed by atoms with van der Waals surface area (Å²) in [5.74, 6) is 0.728. The van der Waals surface area contributed by atoms with E-state index < -0.39 is 6.04 Å². The molecule has 1 atom stereocenters. The summed E-state index contributed by atoms with van der Waals surface area (Å²) in [5.41, 5.74) is 4.06. The van der Waals surface area contributed by atoms with Crippen molar-refractivity contribution >= 4 is 35.1 Å². The third-order valence-electron chi connectivity index (χ3n) is 6.72. The SMILES string of the molecule is COc1ccc(C2C(C(=O)Nc3ccccc3C)=C(C)N=c3sc(=CC=Cc4ccccc4)c(=O)n32)cc1OC. The van der Waals surface area contributed by atoms with Crippen LogP contribution in [0.3, 0.4) is 0 Å². The van der Waals surface area contributed by atoms with Crippen molar-refractivity contribution in [3.8, 4) is 11.5 Å². The minimum absolute atomic E-state index is 0.227. The molecule has 40 heavy (non-hydrogen) atoms. The Morgan fingerprint density at radius 3 is 2.42 bits per heavy atom. The molecule has 2 heterocycles. The Kier molecular flexibility index (Phi) is 7.79. The summed E-state index contributed by atoms with van der Waals surface area (Å²) < 4.78 is 13.1. The Hall–Kier alpha value is -4.69. The van der Waals surface area contributed by atoms with E-state index in [0.29, 0.717) is 43.4 Å². The molecule has 1 unspecified atom stereocenters. The molecule has 0 saturated carbocycles. The molecule has 1 aliphatic rings. The molecule has 1 aliphatic heterocycles. The topological polar surface area (TPSA) is 81.9 Å². The lowest BCUT2D eigenvalue weighted by molar-refractivity contribution is -0.113. The second-order valence-electron chi connectivity index (χ2n) is 9.26. The second kappa shape index (κ2) is 11.6. The summed E-state index contributed by atoms with van der Waals surface area (Å²) in [6.45, 7) is 3.73. The number of aromatic nitrogens is 1. The first-order valence-corrected chi connectivity index (χ1v) is 13.6. The summed E-state index contributed by atoms with van der Waals surface area (Å²) in [4.78, 5) is 32.9. The molecule has 7 nitrogen and oxygen atoms in total. The van der Waals surface area contributed by atoms with Crippen LogP contribution in [0.4, 0.5) is 5.69 Å². The van der Waals surface area contributed by atoms with Crippen molar-refractivity contribution in [1.29, 1.82) is 0 Å². The standard InChI is InChI=1S/C32H29N3O4S/c1-20-11-8-9-15-24(20)34-30(36)28-21(2)33-32-35(29(28)23-17-18-25(38-3)26(19-23)39-4)31(37)27(40-32)16-10-14-22-12-6-5-7-13-22/h5-19,29H,1-4H3,(H,34,36). The van der Waals surface area contributed by atoms with Crippen LogP contribution in [0.1, 0.15) is 29.7 Å². The van der Waals surface area contributed by atoms with Crippen LogP contribution >= 0.6 is 11.3 Å². The molecule has 1 amide bonds. The highest BCUT2D eigenvalue weighted by molar-refractivity contribution is 7.07. The van der Waals surface area contributed by atoms with Gasteiger partial charge in [0.05, 0.1) is 36.1 Å². The number of carbonyl (C=O) groups is 1. The normalized spacial score (nSPS) is 15.1. The van der Waals surface area contributed by atoms with Crippen LogP contribution in [0.2, 0.25) is 0 Å². The maximum atomic E-state index is 13.8. The number of rotatable bonds is 7. The fourth-order valence-electron chi connectivity index (χ4n) is 4.68. The molecule has 0 bridgehead atoms. The Morgan fingerprint density at radius 1 is 0.975 bits per heavy atom. The number of ether oxygens (including phenoxy) is 2. The summed E-state index contributed by atoms with van der Waals surface area (Å²) in [7, 11) is 3.12. The molecular formula is C32H29N3O4S. The molecule has 5 rings (SSSR count). The Labute approximate surface area is 236 Å². The van der Waals surface area contributed by atoms with E-state index in [2.05, 4.69) is 5.32 Å². The lowest BCUT2D eigenvalue weighted by Crippen LogP contribution is -2.40. The Morgan fingerprint density at radius 2 is 1.70 bits per heavy atom. The van der Waals surface area contributed by atoms with E-state index in [4.69, 9.17) is 14.5 Å². The molecule has 1 aromatic heterocycles. The lowest BCUT2D eigenvalue weighted by Gasteiger charge is -2.26. The number of nitrogens with zero attached hydrogens (tertiary/aromatic N) is 2. The van der Waals surface area contributed by atoms with Crippen LogP contribution in [0.5, 0.6) is 11.5 Å². The van der Waals surface area contributed by atoms with E-state index >= 15 is 0 Å². The van der Waals surface area contributed by atoms with Crippen molar-refractivity contribution in [3.63, 3.8) is 0 Å². The number of hydrogen-bond acceptors (Lipinski definition) is 6. The van der Waals surface area contributed by atoms with Gasteiger partial charge < -0.3 is 14.8 Å². The van der Waals surface area contributed by atoms with Crippen molar-refractivity contribution in [1.82, 2.24) is 4.57 Å². The predicted octanol–water partition coefficient (Wildman–Crippen LogP) is 4.86. The molecule has 3 aromatic carbocycles. The smallest absolute Gasteiger partial charge is 0.271 e. The quantitative estimate of drug-likeness (QED) is 0.356. The second-order valence-corrected chi connectivity index (χ2v) is 10.3. The Balaban J connectivity index is 1.65. The van der Waals surface area contributed by atoms with Crippen molar-refractivity contribution < 1.29 is 14.3 Å². The molecule has 8 heteroatoms. The average molecular weight is 552 g/mol. The third-order valence-corrected chi connectivity index (χ3v) is 7.72. The number of amides is 1. The zero-order valence-corrected chi connectivity index (χ0v) is 23.5. The number of methoxy groups -OCH3 is 2. The number of allylic oxidation sites excluding steroid dienone is 2. The molecule has 4 aromatic rings. The van der Waals surface area contributed by atoms with Crippen LogP contribution in [0, 0.1) is 6.92 Å². The predicted molar refractivity (Wildman–Crippen MR) is 159 cm³/mol. The van der Waals surface area contributed by atoms with E-state index in [1.54, 1.807) is 43.9 Å². The van der Waals surface area contributed by atoms with E-state index in [9.17, 15) is 9.59 Å². The lowest BCUT2D eigenvalue weighted by atomic mass is 9.94. The Bertz CT molecular complexity index is 1820. The fourth-order valence-corrected chi connectivity index (χ4v) is 5.68. The fraction of sp³-hybridized carbons (Fsp3) is 0.156. The van der Waals surface area contributed by atoms with Crippen LogP contribution in [-0.2, 0) is 4.79 Å². The molecular weight excluding hydrogens is 522 g/mol. The van der Waals surface area contributed by atoms with Gasteiger partial charge in [-0.25, -0.2) is 4.99 Å². The monoisotopic (exact) mass is 551 g/mol. The summed E-state index contributed by atoms with van der Waals surface area (Å²) in [6.07, 6.45) is 5.58. The van der Waals surface area contributed by atoms with Gasteiger partial charge in [0.15, 0.2) is 16.3 Å². The number of para-hydroxylation sites is 1. The summed E-state index contributed by atoms with van der Waals surface area (Å²) in [6, 6.07) is 22.1. The van der Waals surface area contributed by atoms with Crippen molar-refractivity contribution in [2.75, 3.05) is 19.5 Å². The molecule has 0 spiro atoms. The number of carbonyl (C=O) groups excluding carboxylic acids is 1. The number of hydrogen-bond donors (Lipinski definition) is 1. The van der Waals surface area contributed by atoms with Crippen LogP contribution in [-0.4, -0.2) is 24.7 Å². The van der Waals surface area contributed by atoms with E-state index in [1.807, 2.05) is 79.7 Å². The van der Waals surface area contributed by atoms with E-state index in [0.717, 1.165) is 11.1 Å². The minimum atomic E-state index is -0.722. The number of anilines is 1. The van der Waals surface area contributed by atoms with E-state index in [-0.39, 0.29) is 11.5 Å². The van der Waals surface area contributed by atoms with Crippen molar-refractivity contribution in [3.05, 3.63) is 127 Å². The maximum absolute atomic E-state index is 13.8. The molecule has 1 N–H and O–H groups in total. The highest BCUT2D eigenvalue weighted by atomic mass is 32.1. The molecule has 0 radical (unpaired) electrons. The first kappa shape index (κ1) is 26.9. The largest absolute Gasteiger partial charge is 0.493 e. The number of thiazole rings is 1. The highest BCUT2D eigenvalue weighted by Crippen LogP contribution is 2.36. The number of aryl methyl sites for hydroxylation is 1. The van der Waals surface area contributed by atoms with Gasteiger partial charge in [0.1, 0.15) is 0 Å². The summed E-state index contributed by atoms with van der Waals surface area (Å²) in [5, 5.41) is 3.03. The van der Waals surface area contributed by atoms with Gasteiger partial charge in [-0.05, 0) is 54.8 Å². The van der Waals surface area contributed by atoms with Crippen molar-refractivity contribution in [2.24, 2.45) is 4.99 Å². The van der Waals surface area contributed by atoms with Crippen LogP contribution in [0.15, 0.2) is 99.9 Å². The van der Waals surface area contributed by atoms with Gasteiger partial charge in [-0.2, -0.15) is 0 Å². The molecule has 202 valence electrons. The van der Waals surface area contributed by atoms with Gasteiger partial charge in [-0.1, -0.05) is 78.1 Å². The van der Waals surface area contributed by atoms with Gasteiger partial charge in [0.25, 0.3) is 11.5 Å². The third kappa shape index (κ3) is 5.26. The van der Waals surface area contributed by atoms with Crippen LogP contribution < -0.4 is 29.7 Å². The molecule has 0 saturated heterocycles. The summed E-state index contributed by atoms with van der Waals surface area (Å²) >= 11 is 1.29. The highest BCUT2D eigenvalue weighted by Gasteiger charge is 2.33. The number of benzene rings is 3. The van der Waals surface area contributed by atoms with Gasteiger partial charge in [0, 0.05) is 5.69 Å². The zero-order valence-electron chi connectivity index (χ0n) is 22.7. The van der Waals surface area contributed by atoms with Gasteiger partial charge in [-0.3, -0.25) is 14.2 Å². The first-order valence-electron chi connectivity index (χ1n) is 12.7.